The Morgan fingerprint density at radius 2 is 0.493 bits per heavy atom. The van der Waals surface area contributed by atoms with Gasteiger partial charge in [0.05, 0.1) is 13.2 Å². The minimum Gasteiger partial charge on any atom is -0.726 e. The molecule has 0 radical (unpaired) electrons. The molecule has 0 heterocycles. The standard InChI is InChI=1S/2C30H60O4S.Ca/c2*1-3-5-7-9-11-12-13-14-15-16-17-18-19-20-21-22-24-26-28-30(29-34-35(31,32)33)27-25-23-10-8-6-4-2;/h2*26,28,30H,3-25,27,29H2,1-2H3,(H,31,32,33);/q;;+2/p-2/b2*28-26+;. The fourth-order valence-electron chi connectivity index (χ4n) is 9.38. The Morgan fingerprint density at radius 3 is 0.690 bits per heavy atom. The van der Waals surface area contributed by atoms with Crippen LogP contribution in [0.3, 0.4) is 0 Å². The molecule has 0 N–H and O–H groups in total. The number of hydrogen-bond acceptors (Lipinski definition) is 8. The van der Waals surface area contributed by atoms with E-state index in [1.54, 1.807) is 0 Å². The van der Waals surface area contributed by atoms with E-state index in [1.165, 1.54) is 257 Å². The number of hydrogen-bond donors (Lipinski definition) is 0. The summed E-state index contributed by atoms with van der Waals surface area (Å²) in [4.78, 5) is 0. The molecule has 8 nitrogen and oxygen atoms in total. The fraction of sp³-hybridized carbons (Fsp3) is 0.933. The first-order valence-corrected chi connectivity index (χ1v) is 33.2. The average molecular weight is 1070 g/mol. The second kappa shape index (κ2) is 61.3. The molecular formula is C60H118CaO8S2. The molecule has 2 unspecified atom stereocenters. The second-order valence-electron chi connectivity index (χ2n) is 21.1. The summed E-state index contributed by atoms with van der Waals surface area (Å²) in [7, 11) is -9.22. The molecule has 0 aliphatic heterocycles. The van der Waals surface area contributed by atoms with Crippen molar-refractivity contribution in [2.24, 2.45) is 11.8 Å². The zero-order valence-corrected chi connectivity index (χ0v) is 51.5. The second-order valence-corrected chi connectivity index (χ2v) is 23.2. The van der Waals surface area contributed by atoms with Crippen molar-refractivity contribution >= 4 is 58.5 Å². The fourth-order valence-corrected chi connectivity index (χ4v) is 10.1. The Kier molecular flexibility index (Phi) is 65.4. The van der Waals surface area contributed by atoms with Gasteiger partial charge < -0.3 is 9.11 Å². The van der Waals surface area contributed by atoms with E-state index in [2.05, 4.69) is 60.4 Å². The molecule has 2 atom stereocenters. The van der Waals surface area contributed by atoms with Crippen molar-refractivity contribution < 1.29 is 34.3 Å². The van der Waals surface area contributed by atoms with Crippen LogP contribution in [0.15, 0.2) is 24.3 Å². The SMILES string of the molecule is CCCCCCCCCCCCCCCCCC/C=C/C(CCCCCCCC)COS(=O)(=O)[O-].CCCCCCCCCCCCCCCCCC/C=C/C(CCCCCCCC)COS(=O)(=O)[O-].[Ca+2]. The molecule has 0 rings (SSSR count). The van der Waals surface area contributed by atoms with Crippen molar-refractivity contribution in [1.82, 2.24) is 0 Å². The van der Waals surface area contributed by atoms with Crippen LogP contribution in [0, 0.1) is 11.8 Å². The molecule has 0 saturated carbocycles. The van der Waals surface area contributed by atoms with Gasteiger partial charge in [-0.2, -0.15) is 0 Å². The molecule has 0 aromatic heterocycles. The molecule has 420 valence electrons. The Bertz CT molecular complexity index is 1190. The molecule has 71 heavy (non-hydrogen) atoms. The van der Waals surface area contributed by atoms with E-state index in [0.717, 1.165) is 51.4 Å². The van der Waals surface area contributed by atoms with Crippen molar-refractivity contribution in [2.75, 3.05) is 13.2 Å². The zero-order valence-electron chi connectivity index (χ0n) is 47.6. The van der Waals surface area contributed by atoms with Crippen molar-refractivity contribution in [3.8, 4) is 0 Å². The summed E-state index contributed by atoms with van der Waals surface area (Å²) in [6.45, 7) is 8.94. The maximum Gasteiger partial charge on any atom is 2.00 e. The average Bonchev–Trinajstić information content (AvgIpc) is 3.32. The predicted octanol–water partition coefficient (Wildman–Crippen LogP) is 19.7. The van der Waals surface area contributed by atoms with Gasteiger partial charge in [0.25, 0.3) is 0 Å². The smallest absolute Gasteiger partial charge is 0.726 e. The molecule has 0 aromatic rings. The third kappa shape index (κ3) is 70.5. The van der Waals surface area contributed by atoms with Gasteiger partial charge in [-0.25, -0.2) is 16.8 Å². The maximum atomic E-state index is 10.8. The molecule has 0 spiro atoms. The number of rotatable bonds is 56. The molecular weight excluding hydrogens is 953 g/mol. The van der Waals surface area contributed by atoms with Gasteiger partial charge in [-0.1, -0.05) is 322 Å². The van der Waals surface area contributed by atoms with Crippen molar-refractivity contribution in [3.05, 3.63) is 24.3 Å². The normalized spacial score (nSPS) is 12.9. The molecule has 11 heteroatoms. The van der Waals surface area contributed by atoms with Gasteiger partial charge in [-0.05, 0) is 38.5 Å². The van der Waals surface area contributed by atoms with Crippen LogP contribution in [0.5, 0.6) is 0 Å². The summed E-state index contributed by atoms with van der Waals surface area (Å²) in [5.41, 5.74) is 0. The minimum absolute atomic E-state index is 0. The first-order chi connectivity index (χ1) is 34.0. The Balaban J connectivity index is -0.00000128. The summed E-state index contributed by atoms with van der Waals surface area (Å²) in [5, 5.41) is 0. The molecule has 0 bridgehead atoms. The quantitative estimate of drug-likeness (QED) is 0.0193. The topological polar surface area (TPSA) is 133 Å². The van der Waals surface area contributed by atoms with E-state index < -0.39 is 20.8 Å². The Hall–Kier alpha value is 0.480. The summed E-state index contributed by atoms with van der Waals surface area (Å²) in [5.74, 6) is 0.0388. The third-order valence-electron chi connectivity index (χ3n) is 14.0. The van der Waals surface area contributed by atoms with E-state index in [9.17, 15) is 25.9 Å². The van der Waals surface area contributed by atoms with Gasteiger partial charge in [-0.15, -0.1) is 0 Å². The van der Waals surface area contributed by atoms with Crippen LogP contribution >= 0.6 is 0 Å². The molecule has 0 aliphatic carbocycles. The molecule has 0 aromatic carbocycles. The summed E-state index contributed by atoms with van der Waals surface area (Å²) in [6, 6.07) is 0. The van der Waals surface area contributed by atoms with Crippen LogP contribution < -0.4 is 0 Å². The van der Waals surface area contributed by atoms with Gasteiger partial charge >= 0.3 is 37.7 Å². The summed E-state index contributed by atoms with van der Waals surface area (Å²) >= 11 is 0. The molecule has 0 aliphatic rings. The van der Waals surface area contributed by atoms with E-state index in [1.807, 2.05) is 0 Å². The monoisotopic (exact) mass is 1070 g/mol. The first kappa shape index (κ1) is 75.7. The molecule has 0 saturated heterocycles. The van der Waals surface area contributed by atoms with Crippen molar-refractivity contribution in [2.45, 2.75) is 336 Å². The van der Waals surface area contributed by atoms with Crippen molar-refractivity contribution in [3.63, 3.8) is 0 Å². The van der Waals surface area contributed by atoms with Gasteiger partial charge in [0, 0.05) is 11.8 Å². The van der Waals surface area contributed by atoms with Crippen LogP contribution in [0.25, 0.3) is 0 Å². The molecule has 0 fully saturated rings. The first-order valence-electron chi connectivity index (χ1n) is 30.5. The van der Waals surface area contributed by atoms with Gasteiger partial charge in [0.2, 0.25) is 20.8 Å². The van der Waals surface area contributed by atoms with Crippen LogP contribution in [0.1, 0.15) is 336 Å². The van der Waals surface area contributed by atoms with E-state index in [4.69, 9.17) is 0 Å². The van der Waals surface area contributed by atoms with Crippen LogP contribution in [0.2, 0.25) is 0 Å². The van der Waals surface area contributed by atoms with Crippen LogP contribution in [-0.2, 0) is 29.2 Å². The summed E-state index contributed by atoms with van der Waals surface area (Å²) < 4.78 is 74.0. The number of unbranched alkanes of at least 4 members (excludes halogenated alkanes) is 42. The number of allylic oxidation sites excluding steroid dienone is 2. The van der Waals surface area contributed by atoms with E-state index in [0.29, 0.717) is 0 Å². The van der Waals surface area contributed by atoms with E-state index >= 15 is 0 Å². The van der Waals surface area contributed by atoms with Gasteiger partial charge in [-0.3, -0.25) is 8.37 Å². The van der Waals surface area contributed by atoms with Crippen LogP contribution in [-0.4, -0.2) is 76.9 Å². The van der Waals surface area contributed by atoms with Crippen LogP contribution in [0.4, 0.5) is 0 Å². The van der Waals surface area contributed by atoms with Crippen molar-refractivity contribution in [1.29, 1.82) is 0 Å². The largest absolute Gasteiger partial charge is 2.00 e. The Labute approximate surface area is 474 Å². The van der Waals surface area contributed by atoms with E-state index in [-0.39, 0.29) is 62.8 Å². The van der Waals surface area contributed by atoms with Gasteiger partial charge in [0.1, 0.15) is 0 Å². The summed E-state index contributed by atoms with van der Waals surface area (Å²) in [6.07, 6.45) is 70.7. The molecule has 0 amide bonds. The maximum absolute atomic E-state index is 10.8. The van der Waals surface area contributed by atoms with Gasteiger partial charge in [0.15, 0.2) is 0 Å². The zero-order chi connectivity index (χ0) is 51.8. The predicted molar refractivity (Wildman–Crippen MR) is 307 cm³/mol. The third-order valence-corrected chi connectivity index (χ3v) is 14.8. The Morgan fingerprint density at radius 1 is 0.310 bits per heavy atom. The minimum atomic E-state index is -4.61.